The second-order valence-electron chi connectivity index (χ2n) is 4.96. The topological polar surface area (TPSA) is 109 Å². The molecule has 128 valence electrons. The number of benzene rings is 2. The molecule has 1 heterocycles. The van der Waals surface area contributed by atoms with E-state index in [1.54, 1.807) is 35.8 Å². The van der Waals surface area contributed by atoms with Crippen molar-refractivity contribution in [3.63, 3.8) is 0 Å². The smallest absolute Gasteiger partial charge is 0.356 e. The van der Waals surface area contributed by atoms with Crippen LogP contribution in [0.15, 0.2) is 60.1 Å². The molecule has 3 rings (SSSR count). The molecule has 25 heavy (non-hydrogen) atoms. The first-order chi connectivity index (χ1) is 11.9. The number of amides is 1. The third kappa shape index (κ3) is 4.52. The minimum absolute atomic E-state index is 0.0866. The van der Waals surface area contributed by atoms with Crippen molar-refractivity contribution in [1.29, 1.82) is 0 Å². The van der Waals surface area contributed by atoms with E-state index in [0.29, 0.717) is 22.2 Å². The molecule has 0 aliphatic rings. The fraction of sp³-hybridized carbons (Fsp3) is 0. The van der Waals surface area contributed by atoms with E-state index in [2.05, 4.69) is 10.3 Å². The molecule has 1 amide bonds. The van der Waals surface area contributed by atoms with Gasteiger partial charge in [-0.05, 0) is 42.5 Å². The van der Waals surface area contributed by atoms with E-state index in [-0.39, 0.29) is 11.2 Å². The lowest BCUT2D eigenvalue weighted by molar-refractivity contribution is 0.102. The Bertz CT molecular complexity index is 922. The molecule has 9 heteroatoms. The monoisotopic (exact) mass is 376 g/mol. The van der Waals surface area contributed by atoms with E-state index in [9.17, 15) is 9.36 Å². The molecule has 0 spiro atoms. The highest BCUT2D eigenvalue weighted by molar-refractivity contribution is 7.60. The van der Waals surface area contributed by atoms with Gasteiger partial charge in [0.25, 0.3) is 5.91 Å². The van der Waals surface area contributed by atoms with Gasteiger partial charge in [-0.3, -0.25) is 14.7 Å². The molecule has 0 saturated heterocycles. The number of hydrogen-bond acceptors (Lipinski definition) is 5. The SMILES string of the molecule is O=C(Nc1nccs1)c1cccc(Oc2ccc(P(=O)(O)O)cc2)c1. The lowest BCUT2D eigenvalue weighted by Gasteiger charge is -2.09. The second-order valence-corrected chi connectivity index (χ2v) is 7.46. The van der Waals surface area contributed by atoms with Crippen molar-refractivity contribution in [2.24, 2.45) is 0 Å². The van der Waals surface area contributed by atoms with Gasteiger partial charge in [-0.1, -0.05) is 6.07 Å². The van der Waals surface area contributed by atoms with Crippen LogP contribution in [-0.4, -0.2) is 20.7 Å². The van der Waals surface area contributed by atoms with Gasteiger partial charge in [-0.2, -0.15) is 0 Å². The molecule has 0 unspecified atom stereocenters. The third-order valence-electron chi connectivity index (χ3n) is 3.16. The first kappa shape index (κ1) is 17.3. The minimum atomic E-state index is -4.28. The lowest BCUT2D eigenvalue weighted by atomic mass is 10.2. The van der Waals surface area contributed by atoms with Crippen LogP contribution in [0, 0.1) is 0 Å². The molecular weight excluding hydrogens is 363 g/mol. The maximum absolute atomic E-state index is 12.2. The van der Waals surface area contributed by atoms with Crippen molar-refractivity contribution in [2.75, 3.05) is 5.32 Å². The quantitative estimate of drug-likeness (QED) is 0.591. The van der Waals surface area contributed by atoms with E-state index in [1.165, 1.54) is 35.6 Å². The van der Waals surface area contributed by atoms with Gasteiger partial charge >= 0.3 is 7.60 Å². The van der Waals surface area contributed by atoms with Crippen LogP contribution in [0.25, 0.3) is 0 Å². The number of nitrogens with zero attached hydrogens (tertiary/aromatic N) is 1. The number of thiazole rings is 1. The Labute approximate surface area is 147 Å². The Morgan fingerprint density at radius 2 is 1.88 bits per heavy atom. The zero-order valence-electron chi connectivity index (χ0n) is 12.7. The van der Waals surface area contributed by atoms with Gasteiger partial charge in [0.05, 0.1) is 5.30 Å². The van der Waals surface area contributed by atoms with Crippen molar-refractivity contribution >= 4 is 35.3 Å². The Hall–Kier alpha value is -2.51. The highest BCUT2D eigenvalue weighted by atomic mass is 32.1. The summed E-state index contributed by atoms with van der Waals surface area (Å²) in [5.41, 5.74) is 0.402. The highest BCUT2D eigenvalue weighted by Crippen LogP contribution is 2.34. The molecule has 1 aromatic heterocycles. The van der Waals surface area contributed by atoms with Crippen molar-refractivity contribution in [3.05, 3.63) is 65.7 Å². The van der Waals surface area contributed by atoms with E-state index in [0.717, 1.165) is 0 Å². The first-order valence-electron chi connectivity index (χ1n) is 7.07. The number of rotatable bonds is 5. The van der Waals surface area contributed by atoms with Crippen molar-refractivity contribution in [2.45, 2.75) is 0 Å². The summed E-state index contributed by atoms with van der Waals surface area (Å²) in [6.07, 6.45) is 1.60. The molecular formula is C16H13N2O5PS. The van der Waals surface area contributed by atoms with E-state index in [4.69, 9.17) is 14.5 Å². The van der Waals surface area contributed by atoms with Crippen LogP contribution in [0.4, 0.5) is 5.13 Å². The molecule has 7 nitrogen and oxygen atoms in total. The maximum atomic E-state index is 12.2. The molecule has 0 fully saturated rings. The van der Waals surface area contributed by atoms with Gasteiger partial charge in [0, 0.05) is 17.1 Å². The van der Waals surface area contributed by atoms with Gasteiger partial charge in [-0.15, -0.1) is 11.3 Å². The Morgan fingerprint density at radius 1 is 1.12 bits per heavy atom. The second kappa shape index (κ2) is 7.16. The van der Waals surface area contributed by atoms with Crippen LogP contribution in [-0.2, 0) is 4.57 Å². The average molecular weight is 376 g/mol. The highest BCUT2D eigenvalue weighted by Gasteiger charge is 2.16. The first-order valence-corrected chi connectivity index (χ1v) is 9.56. The summed E-state index contributed by atoms with van der Waals surface area (Å²) in [6, 6.07) is 12.1. The number of ether oxygens (including phenoxy) is 1. The molecule has 0 bridgehead atoms. The van der Waals surface area contributed by atoms with Crippen LogP contribution in [0.5, 0.6) is 11.5 Å². The number of hydrogen-bond donors (Lipinski definition) is 3. The van der Waals surface area contributed by atoms with Crippen LogP contribution in [0.1, 0.15) is 10.4 Å². The molecule has 0 saturated carbocycles. The fourth-order valence-electron chi connectivity index (χ4n) is 2.00. The summed E-state index contributed by atoms with van der Waals surface area (Å²) in [6.45, 7) is 0. The van der Waals surface area contributed by atoms with Gasteiger partial charge in [0.1, 0.15) is 11.5 Å². The number of carbonyl (C=O) groups excluding carboxylic acids is 1. The number of anilines is 1. The standard InChI is InChI=1S/C16H13N2O5PS/c19-15(18-16-17-8-9-25-16)11-2-1-3-13(10-11)23-12-4-6-14(7-5-12)24(20,21)22/h1-10H,(H,17,18,19)(H2,20,21,22). The summed E-state index contributed by atoms with van der Waals surface area (Å²) >= 11 is 1.32. The summed E-state index contributed by atoms with van der Waals surface area (Å²) in [7, 11) is -4.28. The summed E-state index contributed by atoms with van der Waals surface area (Å²) in [4.78, 5) is 34.4. The van der Waals surface area contributed by atoms with E-state index in [1.807, 2.05) is 0 Å². The Balaban J connectivity index is 1.73. The fourth-order valence-corrected chi connectivity index (χ4v) is 3.06. The van der Waals surface area contributed by atoms with Crippen molar-refractivity contribution in [3.8, 4) is 11.5 Å². The van der Waals surface area contributed by atoms with Gasteiger partial charge in [0.2, 0.25) is 0 Å². The average Bonchev–Trinajstić information content (AvgIpc) is 3.08. The van der Waals surface area contributed by atoms with E-state index >= 15 is 0 Å². The van der Waals surface area contributed by atoms with Gasteiger partial charge < -0.3 is 14.5 Å². The van der Waals surface area contributed by atoms with Crippen LogP contribution < -0.4 is 15.4 Å². The third-order valence-corrected chi connectivity index (χ3v) is 4.82. The molecule has 0 atom stereocenters. The van der Waals surface area contributed by atoms with Gasteiger partial charge in [0.15, 0.2) is 5.13 Å². The molecule has 3 N–H and O–H groups in total. The summed E-state index contributed by atoms with van der Waals surface area (Å²) in [5, 5.41) is 4.86. The summed E-state index contributed by atoms with van der Waals surface area (Å²) in [5.74, 6) is 0.516. The van der Waals surface area contributed by atoms with Crippen LogP contribution >= 0.6 is 18.9 Å². The Morgan fingerprint density at radius 3 is 2.52 bits per heavy atom. The number of carbonyl (C=O) groups is 1. The Kier molecular flexibility index (Phi) is 4.96. The predicted octanol–water partition coefficient (Wildman–Crippen LogP) is 2.99. The largest absolute Gasteiger partial charge is 0.457 e. The molecule has 0 radical (unpaired) electrons. The molecule has 0 aliphatic carbocycles. The van der Waals surface area contributed by atoms with Crippen LogP contribution in [0.3, 0.4) is 0 Å². The molecule has 0 aliphatic heterocycles. The number of aromatic nitrogens is 1. The lowest BCUT2D eigenvalue weighted by Crippen LogP contribution is -2.11. The van der Waals surface area contributed by atoms with Crippen molar-refractivity contribution in [1.82, 2.24) is 4.98 Å². The van der Waals surface area contributed by atoms with Crippen LogP contribution in [0.2, 0.25) is 0 Å². The molecule has 3 aromatic rings. The minimum Gasteiger partial charge on any atom is -0.457 e. The maximum Gasteiger partial charge on any atom is 0.356 e. The zero-order valence-corrected chi connectivity index (χ0v) is 14.4. The predicted molar refractivity (Wildman–Crippen MR) is 94.7 cm³/mol. The summed E-state index contributed by atoms with van der Waals surface area (Å²) < 4.78 is 16.8. The van der Waals surface area contributed by atoms with E-state index < -0.39 is 7.60 Å². The molecule has 2 aromatic carbocycles. The number of nitrogens with one attached hydrogen (secondary N) is 1. The normalized spacial score (nSPS) is 11.1. The van der Waals surface area contributed by atoms with Gasteiger partial charge in [-0.25, -0.2) is 4.98 Å². The zero-order chi connectivity index (χ0) is 17.9. The van der Waals surface area contributed by atoms with Crippen molar-refractivity contribution < 1.29 is 23.9 Å².